The van der Waals surface area contributed by atoms with E-state index in [0.717, 1.165) is 5.52 Å². The molecular weight excluding hydrogens is 232 g/mol. The van der Waals surface area contributed by atoms with Crippen LogP contribution in [0.25, 0.3) is 11.0 Å². The molecule has 2 atom stereocenters. The van der Waals surface area contributed by atoms with Gasteiger partial charge in [0, 0.05) is 12.6 Å². The Balaban J connectivity index is 2.06. The third-order valence-electron chi connectivity index (χ3n) is 3.36. The third-order valence-corrected chi connectivity index (χ3v) is 3.36. The lowest BCUT2D eigenvalue weighted by atomic mass is 10.2. The first-order valence-electron chi connectivity index (χ1n) is 5.77. The van der Waals surface area contributed by atoms with Crippen LogP contribution in [0.15, 0.2) is 30.2 Å². The van der Waals surface area contributed by atoms with Crippen molar-refractivity contribution in [3.05, 3.63) is 30.2 Å². The molecule has 1 aliphatic rings. The van der Waals surface area contributed by atoms with Crippen LogP contribution in [-0.4, -0.2) is 37.5 Å². The lowest BCUT2D eigenvalue weighted by Gasteiger charge is -2.11. The van der Waals surface area contributed by atoms with Crippen LogP contribution in [-0.2, 0) is 0 Å². The van der Waals surface area contributed by atoms with Gasteiger partial charge in [-0.25, -0.2) is 9.97 Å². The maximum absolute atomic E-state index is 9.79. The van der Waals surface area contributed by atoms with Crippen LogP contribution < -0.4 is 5.73 Å². The molecule has 6 heteroatoms. The Morgan fingerprint density at radius 3 is 3.00 bits per heavy atom. The number of aliphatic hydroxyl groups is 2. The molecule has 0 saturated carbocycles. The number of fused-ring (bicyclic) bond motifs is 1. The zero-order valence-electron chi connectivity index (χ0n) is 9.69. The molecule has 0 aliphatic heterocycles. The highest BCUT2D eigenvalue weighted by molar-refractivity contribution is 5.84. The smallest absolute Gasteiger partial charge is 0.151 e. The number of nitrogens with zero attached hydrogens (tertiary/aromatic N) is 3. The molecule has 2 aromatic heterocycles. The summed E-state index contributed by atoms with van der Waals surface area (Å²) in [5.41, 5.74) is 7.96. The summed E-state index contributed by atoms with van der Waals surface area (Å²) >= 11 is 0. The van der Waals surface area contributed by atoms with Gasteiger partial charge in [0.05, 0.1) is 30.6 Å². The predicted molar refractivity (Wildman–Crippen MR) is 66.8 cm³/mol. The zero-order valence-corrected chi connectivity index (χ0v) is 9.69. The summed E-state index contributed by atoms with van der Waals surface area (Å²) in [6, 6.07) is 1.84. The Hall–Kier alpha value is -1.92. The van der Waals surface area contributed by atoms with E-state index in [0.29, 0.717) is 23.3 Å². The number of imidazole rings is 1. The third kappa shape index (κ3) is 1.58. The van der Waals surface area contributed by atoms with Gasteiger partial charge in [0.2, 0.25) is 0 Å². The molecule has 3 rings (SSSR count). The van der Waals surface area contributed by atoms with Gasteiger partial charge < -0.3 is 20.5 Å². The van der Waals surface area contributed by atoms with Gasteiger partial charge >= 0.3 is 0 Å². The molecule has 94 valence electrons. The number of nitrogen functional groups attached to an aromatic ring is 1. The monoisotopic (exact) mass is 246 g/mol. The molecule has 1 unspecified atom stereocenters. The normalized spacial score (nSPS) is 23.6. The Labute approximate surface area is 103 Å². The summed E-state index contributed by atoms with van der Waals surface area (Å²) in [5.74, 6) is 0.399. The average Bonchev–Trinajstić information content (AvgIpc) is 2.93. The predicted octanol–water partition coefficient (Wildman–Crippen LogP) is 0.238. The van der Waals surface area contributed by atoms with Crippen LogP contribution in [0, 0.1) is 0 Å². The molecule has 0 amide bonds. The lowest BCUT2D eigenvalue weighted by molar-refractivity contribution is 0.182. The number of hydrogen-bond donors (Lipinski definition) is 3. The van der Waals surface area contributed by atoms with E-state index in [1.54, 1.807) is 12.5 Å². The summed E-state index contributed by atoms with van der Waals surface area (Å²) in [6.45, 7) is -0.117. The van der Waals surface area contributed by atoms with Crippen LogP contribution >= 0.6 is 0 Å². The van der Waals surface area contributed by atoms with E-state index in [2.05, 4.69) is 9.97 Å². The second-order valence-corrected chi connectivity index (χ2v) is 4.43. The van der Waals surface area contributed by atoms with Crippen LogP contribution in [0.5, 0.6) is 0 Å². The highest BCUT2D eigenvalue weighted by Crippen LogP contribution is 2.31. The number of nitrogens with two attached hydrogens (primary N) is 1. The van der Waals surface area contributed by atoms with Crippen molar-refractivity contribution in [2.75, 3.05) is 12.3 Å². The number of aliphatic hydroxyl groups excluding tert-OH is 2. The number of rotatable bonds is 2. The molecule has 0 radical (unpaired) electrons. The topological polar surface area (TPSA) is 97.2 Å². The fourth-order valence-electron chi connectivity index (χ4n) is 2.40. The van der Waals surface area contributed by atoms with Gasteiger partial charge in [0.25, 0.3) is 0 Å². The fourth-order valence-corrected chi connectivity index (χ4v) is 2.40. The van der Waals surface area contributed by atoms with Crippen molar-refractivity contribution < 1.29 is 10.2 Å². The average molecular weight is 246 g/mol. The summed E-state index contributed by atoms with van der Waals surface area (Å²) in [7, 11) is 0. The first-order valence-corrected chi connectivity index (χ1v) is 5.77. The number of pyridine rings is 1. The van der Waals surface area contributed by atoms with Gasteiger partial charge in [0.1, 0.15) is 5.52 Å². The van der Waals surface area contributed by atoms with Crippen molar-refractivity contribution in [3.8, 4) is 0 Å². The molecule has 0 fully saturated rings. The van der Waals surface area contributed by atoms with Crippen LogP contribution in [0.1, 0.15) is 12.5 Å². The molecule has 18 heavy (non-hydrogen) atoms. The molecular formula is C12H14N4O2. The Kier molecular flexibility index (Phi) is 2.53. The maximum Gasteiger partial charge on any atom is 0.151 e. The van der Waals surface area contributed by atoms with Crippen LogP contribution in [0.3, 0.4) is 0 Å². The largest absolute Gasteiger partial charge is 0.392 e. The number of aromatic nitrogens is 3. The molecule has 6 nitrogen and oxygen atoms in total. The number of allylic oxidation sites excluding steroid dienone is 1. The SMILES string of the molecule is Nc1nccc2c1ncn2[C@@H]1C=C(CO)C(O)C1. The molecule has 1 aliphatic carbocycles. The highest BCUT2D eigenvalue weighted by atomic mass is 16.3. The van der Waals surface area contributed by atoms with Gasteiger partial charge in [-0.1, -0.05) is 6.08 Å². The van der Waals surface area contributed by atoms with Crippen LogP contribution in [0.2, 0.25) is 0 Å². The molecule has 0 aromatic carbocycles. The quantitative estimate of drug-likeness (QED) is 0.659. The minimum Gasteiger partial charge on any atom is -0.392 e. The van der Waals surface area contributed by atoms with Crippen molar-refractivity contribution >= 4 is 16.9 Å². The second kappa shape index (κ2) is 4.08. The van der Waals surface area contributed by atoms with Crippen molar-refractivity contribution in [1.29, 1.82) is 0 Å². The van der Waals surface area contributed by atoms with E-state index in [4.69, 9.17) is 10.8 Å². The summed E-state index contributed by atoms with van der Waals surface area (Å²) in [4.78, 5) is 8.23. The first kappa shape index (κ1) is 11.2. The van der Waals surface area contributed by atoms with Gasteiger partial charge in [-0.3, -0.25) is 0 Å². The molecule has 0 bridgehead atoms. The van der Waals surface area contributed by atoms with Crippen molar-refractivity contribution in [3.63, 3.8) is 0 Å². The Bertz CT molecular complexity index is 620. The summed E-state index contributed by atoms with van der Waals surface area (Å²) < 4.78 is 1.94. The van der Waals surface area contributed by atoms with E-state index in [1.165, 1.54) is 0 Å². The van der Waals surface area contributed by atoms with Gasteiger partial charge in [-0.2, -0.15) is 0 Å². The van der Waals surface area contributed by atoms with E-state index >= 15 is 0 Å². The standard InChI is InChI=1S/C12H14N4O2/c13-12-11-9(1-2-14-12)16(6-15-11)8-3-7(5-17)10(18)4-8/h1-3,6,8,10,17-18H,4-5H2,(H2,13,14)/t8-,10?/m1/s1. The molecule has 0 spiro atoms. The number of anilines is 1. The minimum absolute atomic E-state index is 0.00560. The number of hydrogen-bond acceptors (Lipinski definition) is 5. The minimum atomic E-state index is -0.586. The molecule has 2 heterocycles. The van der Waals surface area contributed by atoms with Crippen molar-refractivity contribution in [2.24, 2.45) is 0 Å². The highest BCUT2D eigenvalue weighted by Gasteiger charge is 2.26. The van der Waals surface area contributed by atoms with Gasteiger partial charge in [-0.05, 0) is 11.6 Å². The Morgan fingerprint density at radius 1 is 1.44 bits per heavy atom. The second-order valence-electron chi connectivity index (χ2n) is 4.43. The first-order chi connectivity index (χ1) is 8.70. The summed E-state index contributed by atoms with van der Waals surface area (Å²) in [6.07, 6.45) is 5.16. The summed E-state index contributed by atoms with van der Waals surface area (Å²) in [5, 5.41) is 18.9. The zero-order chi connectivity index (χ0) is 12.7. The van der Waals surface area contributed by atoms with E-state index in [-0.39, 0.29) is 12.6 Å². The van der Waals surface area contributed by atoms with Gasteiger partial charge in [-0.15, -0.1) is 0 Å². The van der Waals surface area contributed by atoms with Crippen LogP contribution in [0.4, 0.5) is 5.82 Å². The van der Waals surface area contributed by atoms with Crippen molar-refractivity contribution in [1.82, 2.24) is 14.5 Å². The molecule has 4 N–H and O–H groups in total. The fraction of sp³-hybridized carbons (Fsp3) is 0.333. The van der Waals surface area contributed by atoms with E-state index in [9.17, 15) is 5.11 Å². The Morgan fingerprint density at radius 2 is 2.28 bits per heavy atom. The van der Waals surface area contributed by atoms with Gasteiger partial charge in [0.15, 0.2) is 5.82 Å². The molecule has 2 aromatic rings. The van der Waals surface area contributed by atoms with E-state index in [1.807, 2.05) is 16.7 Å². The van der Waals surface area contributed by atoms with Crippen molar-refractivity contribution in [2.45, 2.75) is 18.6 Å². The lowest BCUT2D eigenvalue weighted by Crippen LogP contribution is -2.10. The van der Waals surface area contributed by atoms with E-state index < -0.39 is 6.10 Å². The maximum atomic E-state index is 9.79. The molecule has 0 saturated heterocycles.